The van der Waals surface area contributed by atoms with Crippen LogP contribution in [0.25, 0.3) is 16.9 Å². The number of benzene rings is 2. The van der Waals surface area contributed by atoms with Gasteiger partial charge in [-0.3, -0.25) is 14.9 Å². The second-order valence-corrected chi connectivity index (χ2v) is 8.22. The van der Waals surface area contributed by atoms with Gasteiger partial charge in [-0.2, -0.15) is 5.10 Å². The van der Waals surface area contributed by atoms with E-state index in [-0.39, 0.29) is 17.0 Å². The molecule has 0 saturated carbocycles. The van der Waals surface area contributed by atoms with E-state index >= 15 is 0 Å². The van der Waals surface area contributed by atoms with Crippen molar-refractivity contribution in [1.29, 1.82) is 0 Å². The molecule has 0 spiro atoms. The number of non-ortho nitro benzene ring substituents is 1. The summed E-state index contributed by atoms with van der Waals surface area (Å²) in [7, 11) is 0. The smallest absolute Gasteiger partial charge is 0.270 e. The van der Waals surface area contributed by atoms with E-state index in [1.165, 1.54) is 12.1 Å². The Balaban J connectivity index is 1.68. The first-order valence-corrected chi connectivity index (χ1v) is 9.74. The van der Waals surface area contributed by atoms with Gasteiger partial charge in [0, 0.05) is 35.4 Å². The number of nitrogens with one attached hydrogen (secondary N) is 1. The molecule has 0 aliphatic carbocycles. The highest BCUT2D eigenvalue weighted by Crippen LogP contribution is 2.27. The zero-order valence-electron chi connectivity index (χ0n) is 17.4. The molecular formula is C23H21N5O3. The fraction of sp³-hybridized carbons (Fsp3) is 0.174. The summed E-state index contributed by atoms with van der Waals surface area (Å²) in [6.07, 6.45) is 1.58. The number of rotatable bonds is 4. The minimum absolute atomic E-state index is 0.00317. The van der Waals surface area contributed by atoms with Crippen LogP contribution in [0.1, 0.15) is 36.7 Å². The van der Waals surface area contributed by atoms with Crippen molar-refractivity contribution in [3.63, 3.8) is 0 Å². The predicted molar refractivity (Wildman–Crippen MR) is 118 cm³/mol. The van der Waals surface area contributed by atoms with E-state index in [4.69, 9.17) is 0 Å². The van der Waals surface area contributed by atoms with E-state index in [0.29, 0.717) is 28.3 Å². The van der Waals surface area contributed by atoms with E-state index in [1.54, 1.807) is 47.1 Å². The fourth-order valence-electron chi connectivity index (χ4n) is 3.27. The topological polar surface area (TPSA) is 102 Å². The van der Waals surface area contributed by atoms with E-state index in [0.717, 1.165) is 5.56 Å². The van der Waals surface area contributed by atoms with Crippen LogP contribution in [0.15, 0.2) is 66.9 Å². The van der Waals surface area contributed by atoms with Crippen LogP contribution in [-0.2, 0) is 5.41 Å². The summed E-state index contributed by atoms with van der Waals surface area (Å²) in [5.74, 6) is 0.0428. The quantitative estimate of drug-likeness (QED) is 0.379. The maximum atomic E-state index is 12.8. The molecule has 2 aromatic heterocycles. The number of carbonyl (C=O) groups excluding carboxylic acids is 1. The van der Waals surface area contributed by atoms with Gasteiger partial charge in [0.15, 0.2) is 5.65 Å². The normalized spacial score (nSPS) is 11.5. The van der Waals surface area contributed by atoms with Gasteiger partial charge in [-0.05, 0) is 23.1 Å². The van der Waals surface area contributed by atoms with E-state index in [1.807, 2.05) is 12.1 Å². The molecule has 8 heteroatoms. The zero-order chi connectivity index (χ0) is 22.2. The molecule has 1 amide bonds. The van der Waals surface area contributed by atoms with Gasteiger partial charge >= 0.3 is 0 Å². The molecule has 0 bridgehead atoms. The molecule has 0 fully saturated rings. The molecule has 4 rings (SSSR count). The van der Waals surface area contributed by atoms with Crippen molar-refractivity contribution < 1.29 is 9.72 Å². The fourth-order valence-corrected chi connectivity index (χ4v) is 3.27. The molecule has 0 saturated heterocycles. The molecule has 0 aliphatic rings. The highest BCUT2D eigenvalue weighted by atomic mass is 16.6. The summed E-state index contributed by atoms with van der Waals surface area (Å²) in [6, 6.07) is 17.1. The Morgan fingerprint density at radius 2 is 1.81 bits per heavy atom. The standard InChI is InChI=1S/C23H21N5O3/c1-23(2,3)17-9-7-15(8-10-17)22(29)26-20-14-19(27-21(25-20)11-12-24-27)16-5-4-6-18(13-16)28(30)31/h4-14H,1-3H3,(H,25,26,29). The number of hydrogen-bond donors (Lipinski definition) is 1. The van der Waals surface area contributed by atoms with Crippen molar-refractivity contribution in [3.05, 3.63) is 88.1 Å². The second-order valence-electron chi connectivity index (χ2n) is 8.22. The Hall–Kier alpha value is -4.07. The Morgan fingerprint density at radius 1 is 1.06 bits per heavy atom. The monoisotopic (exact) mass is 415 g/mol. The Morgan fingerprint density at radius 3 is 2.48 bits per heavy atom. The molecule has 0 atom stereocenters. The maximum absolute atomic E-state index is 12.8. The Labute approximate surface area is 178 Å². The van der Waals surface area contributed by atoms with Crippen LogP contribution in [0.4, 0.5) is 11.5 Å². The number of anilines is 1. The van der Waals surface area contributed by atoms with Gasteiger partial charge in [0.2, 0.25) is 0 Å². The Kier molecular flexibility index (Phi) is 4.98. The summed E-state index contributed by atoms with van der Waals surface area (Å²) in [6.45, 7) is 6.34. The number of aromatic nitrogens is 3. The van der Waals surface area contributed by atoms with Crippen molar-refractivity contribution in [2.24, 2.45) is 0 Å². The van der Waals surface area contributed by atoms with Crippen LogP contribution in [0.3, 0.4) is 0 Å². The molecule has 0 aliphatic heterocycles. The average Bonchev–Trinajstić information content (AvgIpc) is 3.21. The van der Waals surface area contributed by atoms with Crippen molar-refractivity contribution in [2.75, 3.05) is 5.32 Å². The molecule has 8 nitrogen and oxygen atoms in total. The lowest BCUT2D eigenvalue weighted by molar-refractivity contribution is -0.384. The first-order chi connectivity index (χ1) is 14.7. The molecule has 4 aromatic rings. The largest absolute Gasteiger partial charge is 0.306 e. The van der Waals surface area contributed by atoms with Crippen molar-refractivity contribution in [1.82, 2.24) is 14.6 Å². The summed E-state index contributed by atoms with van der Waals surface area (Å²) >= 11 is 0. The summed E-state index contributed by atoms with van der Waals surface area (Å²) in [4.78, 5) is 27.9. The highest BCUT2D eigenvalue weighted by Gasteiger charge is 2.16. The first-order valence-electron chi connectivity index (χ1n) is 9.74. The lowest BCUT2D eigenvalue weighted by Crippen LogP contribution is -2.15. The van der Waals surface area contributed by atoms with Gasteiger partial charge < -0.3 is 5.32 Å². The highest BCUT2D eigenvalue weighted by molar-refractivity contribution is 6.04. The molecule has 2 aromatic carbocycles. The van der Waals surface area contributed by atoms with Gasteiger partial charge in [0.05, 0.1) is 16.8 Å². The number of hydrogen-bond acceptors (Lipinski definition) is 5. The molecule has 31 heavy (non-hydrogen) atoms. The van der Waals surface area contributed by atoms with Crippen LogP contribution in [0, 0.1) is 10.1 Å². The van der Waals surface area contributed by atoms with Crippen LogP contribution in [0.5, 0.6) is 0 Å². The van der Waals surface area contributed by atoms with Crippen LogP contribution >= 0.6 is 0 Å². The van der Waals surface area contributed by atoms with Crippen LogP contribution in [-0.4, -0.2) is 25.4 Å². The Bertz CT molecular complexity index is 1290. The second kappa shape index (κ2) is 7.64. The lowest BCUT2D eigenvalue weighted by atomic mass is 9.87. The number of fused-ring (bicyclic) bond motifs is 1. The minimum atomic E-state index is -0.449. The summed E-state index contributed by atoms with van der Waals surface area (Å²) in [5, 5.41) is 18.2. The third-order valence-corrected chi connectivity index (χ3v) is 4.97. The first kappa shape index (κ1) is 20.2. The molecule has 156 valence electrons. The van der Waals surface area contributed by atoms with E-state index in [9.17, 15) is 14.9 Å². The molecular weight excluding hydrogens is 394 g/mol. The number of nitro groups is 1. The van der Waals surface area contributed by atoms with Crippen molar-refractivity contribution in [2.45, 2.75) is 26.2 Å². The van der Waals surface area contributed by atoms with Gasteiger partial charge in [0.25, 0.3) is 11.6 Å². The third-order valence-electron chi connectivity index (χ3n) is 4.97. The summed E-state index contributed by atoms with van der Waals surface area (Å²) in [5.41, 5.74) is 3.31. The SMILES string of the molecule is CC(C)(C)c1ccc(C(=O)Nc2cc(-c3cccc([N+](=O)[O-])c3)n3nccc3n2)cc1. The molecule has 0 unspecified atom stereocenters. The van der Waals surface area contributed by atoms with Gasteiger partial charge in [-0.25, -0.2) is 9.50 Å². The van der Waals surface area contributed by atoms with Crippen LogP contribution < -0.4 is 5.32 Å². The third kappa shape index (κ3) is 4.13. The molecule has 1 N–H and O–H groups in total. The van der Waals surface area contributed by atoms with Gasteiger partial charge in [-0.1, -0.05) is 45.0 Å². The summed E-state index contributed by atoms with van der Waals surface area (Å²) < 4.78 is 1.58. The van der Waals surface area contributed by atoms with Crippen molar-refractivity contribution >= 4 is 23.1 Å². The predicted octanol–water partition coefficient (Wildman–Crippen LogP) is 4.85. The number of nitrogens with zero attached hydrogens (tertiary/aromatic N) is 4. The van der Waals surface area contributed by atoms with E-state index in [2.05, 4.69) is 36.2 Å². The van der Waals surface area contributed by atoms with Crippen LogP contribution in [0.2, 0.25) is 0 Å². The molecule has 0 radical (unpaired) electrons. The van der Waals surface area contributed by atoms with Gasteiger partial charge in [0.1, 0.15) is 5.82 Å². The zero-order valence-corrected chi connectivity index (χ0v) is 17.4. The lowest BCUT2D eigenvalue weighted by Gasteiger charge is -2.19. The number of carbonyl (C=O) groups is 1. The van der Waals surface area contributed by atoms with E-state index < -0.39 is 4.92 Å². The number of nitro benzene ring substituents is 1. The maximum Gasteiger partial charge on any atom is 0.270 e. The van der Waals surface area contributed by atoms with Crippen molar-refractivity contribution in [3.8, 4) is 11.3 Å². The van der Waals surface area contributed by atoms with Gasteiger partial charge in [-0.15, -0.1) is 0 Å². The number of amides is 1. The minimum Gasteiger partial charge on any atom is -0.306 e. The molecule has 2 heterocycles. The average molecular weight is 415 g/mol.